The summed E-state index contributed by atoms with van der Waals surface area (Å²) >= 11 is 0. The summed E-state index contributed by atoms with van der Waals surface area (Å²) in [4.78, 5) is 8.95. The molecule has 0 bridgehead atoms. The lowest BCUT2D eigenvalue weighted by atomic mass is 10.3. The van der Waals surface area contributed by atoms with Gasteiger partial charge in [-0.2, -0.15) is 0 Å². The zero-order valence-corrected chi connectivity index (χ0v) is 6.94. The molecule has 0 heterocycles. The fourth-order valence-electron chi connectivity index (χ4n) is 0.453. The van der Waals surface area contributed by atoms with E-state index in [1.54, 1.807) is 0 Å². The van der Waals surface area contributed by atoms with Crippen LogP contribution in [0.5, 0.6) is 0 Å². The van der Waals surface area contributed by atoms with Crippen molar-refractivity contribution in [2.75, 3.05) is 0 Å². The van der Waals surface area contributed by atoms with Crippen molar-refractivity contribution in [2.45, 2.75) is 13.8 Å². The van der Waals surface area contributed by atoms with Gasteiger partial charge in [-0.1, -0.05) is 24.5 Å². The molecule has 1 atom stereocenters. The Morgan fingerprint density at radius 3 is 2.11 bits per heavy atom. The average molecular weight is 144 g/mol. The fourth-order valence-corrected chi connectivity index (χ4v) is 0.866. The molecule has 0 aliphatic heterocycles. The molecule has 0 aliphatic rings. The summed E-state index contributed by atoms with van der Waals surface area (Å²) < 4.78 is 0. The third-order valence-corrected chi connectivity index (χ3v) is 1.97. The summed E-state index contributed by atoms with van der Waals surface area (Å²) in [6.07, 6.45) is 5.40. The monoisotopic (exact) mass is 144 g/mol. The largest absolute Gasteiger partial charge is 0.375 e. The van der Waals surface area contributed by atoms with E-state index < -0.39 is 7.77 Å². The lowest BCUT2D eigenvalue weighted by Gasteiger charge is -1.96. The van der Waals surface area contributed by atoms with E-state index in [9.17, 15) is 0 Å². The molecule has 0 amide bonds. The first kappa shape index (κ1) is 8.74. The van der Waals surface area contributed by atoms with Gasteiger partial charge in [-0.05, 0) is 19.2 Å². The Bertz CT molecular complexity index is 168. The molecule has 52 valence electrons. The molecule has 9 heavy (non-hydrogen) atoms. The molecule has 0 aromatic carbocycles. The SMILES string of the molecule is C=C(C)/C=C(\C)[PH](=C)O. The maximum absolute atomic E-state index is 8.95. The molecule has 0 radical (unpaired) electrons. The van der Waals surface area contributed by atoms with Gasteiger partial charge < -0.3 is 4.89 Å². The van der Waals surface area contributed by atoms with Gasteiger partial charge in [0.2, 0.25) is 0 Å². The van der Waals surface area contributed by atoms with Crippen LogP contribution in [0.25, 0.3) is 0 Å². The van der Waals surface area contributed by atoms with Crippen LogP contribution in [0.2, 0.25) is 0 Å². The third-order valence-electron chi connectivity index (χ3n) is 0.918. The minimum Gasteiger partial charge on any atom is -0.375 e. The van der Waals surface area contributed by atoms with Crippen molar-refractivity contribution < 1.29 is 4.89 Å². The van der Waals surface area contributed by atoms with Crippen LogP contribution >= 0.6 is 7.77 Å². The Labute approximate surface area is 57.2 Å². The molecule has 0 aromatic heterocycles. The van der Waals surface area contributed by atoms with Crippen LogP contribution in [-0.4, -0.2) is 11.2 Å². The van der Waals surface area contributed by atoms with E-state index in [0.717, 1.165) is 10.9 Å². The highest BCUT2D eigenvalue weighted by Gasteiger charge is 1.86. The predicted octanol–water partition coefficient (Wildman–Crippen LogP) is 2.02. The summed E-state index contributed by atoms with van der Waals surface area (Å²) in [5.41, 5.74) is 0.965. The van der Waals surface area contributed by atoms with E-state index in [0.29, 0.717) is 0 Å². The normalized spacial score (nSPS) is 15.2. The molecule has 0 saturated heterocycles. The summed E-state index contributed by atoms with van der Waals surface area (Å²) in [6, 6.07) is 0. The highest BCUT2D eigenvalue weighted by Crippen LogP contribution is 2.25. The van der Waals surface area contributed by atoms with Crippen molar-refractivity contribution in [3.63, 3.8) is 0 Å². The molecule has 2 heteroatoms. The molecular formula is C7H13OP. The van der Waals surface area contributed by atoms with Gasteiger partial charge in [0.25, 0.3) is 0 Å². The lowest BCUT2D eigenvalue weighted by molar-refractivity contribution is 0.648. The molecular weight excluding hydrogens is 131 g/mol. The van der Waals surface area contributed by atoms with Gasteiger partial charge in [0.05, 0.1) is 0 Å². The minimum absolute atomic E-state index is 0.951. The highest BCUT2D eigenvalue weighted by atomic mass is 31.1. The van der Waals surface area contributed by atoms with Crippen LogP contribution in [0.15, 0.2) is 23.5 Å². The van der Waals surface area contributed by atoms with E-state index in [4.69, 9.17) is 4.89 Å². The summed E-state index contributed by atoms with van der Waals surface area (Å²) in [7, 11) is -1.46. The van der Waals surface area contributed by atoms with Gasteiger partial charge in [0.1, 0.15) is 0 Å². The van der Waals surface area contributed by atoms with E-state index in [2.05, 4.69) is 12.9 Å². The molecule has 0 fully saturated rings. The van der Waals surface area contributed by atoms with Gasteiger partial charge in [0, 0.05) is 7.77 Å². The second kappa shape index (κ2) is 3.71. The van der Waals surface area contributed by atoms with Crippen molar-refractivity contribution in [1.82, 2.24) is 0 Å². The van der Waals surface area contributed by atoms with Crippen molar-refractivity contribution in [2.24, 2.45) is 0 Å². The van der Waals surface area contributed by atoms with E-state index in [-0.39, 0.29) is 0 Å². The molecule has 0 spiro atoms. The number of allylic oxidation sites excluding steroid dienone is 3. The molecule has 1 N–H and O–H groups in total. The van der Waals surface area contributed by atoms with Crippen molar-refractivity contribution in [1.29, 1.82) is 0 Å². The van der Waals surface area contributed by atoms with Gasteiger partial charge in [-0.15, -0.1) is 0 Å². The molecule has 1 nitrogen and oxygen atoms in total. The van der Waals surface area contributed by atoms with Crippen LogP contribution in [0.4, 0.5) is 0 Å². The maximum Gasteiger partial charge on any atom is 0.00927 e. The summed E-state index contributed by atoms with van der Waals surface area (Å²) in [6.45, 7) is 7.45. The molecule has 0 aromatic rings. The van der Waals surface area contributed by atoms with Crippen LogP contribution in [0, 0.1) is 0 Å². The van der Waals surface area contributed by atoms with Crippen LogP contribution in [-0.2, 0) is 0 Å². The summed E-state index contributed by atoms with van der Waals surface area (Å²) in [5.74, 6) is 0. The quantitative estimate of drug-likeness (QED) is 0.464. The second-order valence-corrected chi connectivity index (χ2v) is 3.80. The standard InChI is InChI=1S/C7H13OP/c1-6(2)5-7(3)9(4)8/h5,8-9H,1,4H2,2-3H3/b7-5+. The van der Waals surface area contributed by atoms with E-state index in [1.165, 1.54) is 0 Å². The molecule has 0 aliphatic carbocycles. The number of hydrogen-bond acceptors (Lipinski definition) is 1. The number of rotatable bonds is 2. The zero-order chi connectivity index (χ0) is 7.44. The summed E-state index contributed by atoms with van der Waals surface area (Å²) in [5, 5.41) is 0.951. The molecule has 0 rings (SSSR count). The first-order valence-corrected chi connectivity index (χ1v) is 4.41. The minimum atomic E-state index is -1.46. The molecule has 0 saturated carbocycles. The van der Waals surface area contributed by atoms with E-state index in [1.807, 2.05) is 19.9 Å². The van der Waals surface area contributed by atoms with Crippen molar-refractivity contribution in [3.8, 4) is 0 Å². The Kier molecular flexibility index (Phi) is 3.60. The first-order valence-electron chi connectivity index (χ1n) is 2.76. The van der Waals surface area contributed by atoms with Gasteiger partial charge >= 0.3 is 0 Å². The van der Waals surface area contributed by atoms with E-state index >= 15 is 0 Å². The van der Waals surface area contributed by atoms with Gasteiger partial charge in [-0.3, -0.25) is 0 Å². The molecule has 1 unspecified atom stereocenters. The van der Waals surface area contributed by atoms with Crippen LogP contribution in [0.1, 0.15) is 13.8 Å². The zero-order valence-electron chi connectivity index (χ0n) is 5.94. The van der Waals surface area contributed by atoms with Crippen molar-refractivity contribution >= 4 is 14.1 Å². The highest BCUT2D eigenvalue weighted by molar-refractivity contribution is 7.54. The second-order valence-electron chi connectivity index (χ2n) is 2.12. The maximum atomic E-state index is 8.95. The van der Waals surface area contributed by atoms with Crippen LogP contribution in [0.3, 0.4) is 0 Å². The Balaban J connectivity index is 4.17. The van der Waals surface area contributed by atoms with Crippen LogP contribution < -0.4 is 0 Å². The number of hydrogen-bond donors (Lipinski definition) is 1. The van der Waals surface area contributed by atoms with Crippen molar-refractivity contribution in [3.05, 3.63) is 23.5 Å². The lowest BCUT2D eigenvalue weighted by Crippen LogP contribution is -1.67. The third kappa shape index (κ3) is 4.26. The fraction of sp³-hybridized carbons (Fsp3) is 0.286. The first-order chi connectivity index (χ1) is 4.04. The average Bonchev–Trinajstić information content (AvgIpc) is 1.63. The van der Waals surface area contributed by atoms with Gasteiger partial charge in [0.15, 0.2) is 0 Å². The Morgan fingerprint density at radius 1 is 1.56 bits per heavy atom. The Hall–Kier alpha value is -0.260. The van der Waals surface area contributed by atoms with Gasteiger partial charge in [-0.25, -0.2) is 0 Å². The smallest absolute Gasteiger partial charge is 0.00927 e. The topological polar surface area (TPSA) is 20.2 Å². The Morgan fingerprint density at radius 2 is 2.00 bits per heavy atom. The predicted molar refractivity (Wildman–Crippen MR) is 46.2 cm³/mol.